The fraction of sp³-hybridized carbons (Fsp3) is 0.200. The molecule has 2 heterocycles. The van der Waals surface area contributed by atoms with Gasteiger partial charge in [-0.2, -0.15) is 5.26 Å². The second-order valence-electron chi connectivity index (χ2n) is 5.02. The highest BCUT2D eigenvalue weighted by atomic mass is 32.1. The molecule has 0 bridgehead atoms. The lowest BCUT2D eigenvalue weighted by atomic mass is 9.89. The highest BCUT2D eigenvalue weighted by Crippen LogP contribution is 2.43. The van der Waals surface area contributed by atoms with Crippen LogP contribution in [0.5, 0.6) is 5.75 Å². The summed E-state index contributed by atoms with van der Waals surface area (Å²) in [5, 5.41) is 9.11. The molecule has 2 aromatic rings. The van der Waals surface area contributed by atoms with Crippen LogP contribution in [0.25, 0.3) is 11.3 Å². The maximum Gasteiger partial charge on any atom is 0.130 e. The molecule has 1 aromatic carbocycles. The normalized spacial score (nSPS) is 14.8. The number of hydrogen-bond donors (Lipinski definition) is 1. The largest absolute Gasteiger partial charge is 0.482 e. The molecule has 3 nitrogen and oxygen atoms in total. The third-order valence-electron chi connectivity index (χ3n) is 3.33. The third-order valence-corrected chi connectivity index (χ3v) is 3.65. The highest BCUT2D eigenvalue weighted by Gasteiger charge is 2.33. The molecule has 0 saturated carbocycles. The standard InChI is InChI=1S/C15H12N2OS/c1-15(2)11-7-9(8-16)14(19)17-13(11)10-5-3-4-6-12(10)18-15/h3-7H,1-2H3,(H,17,19). The van der Waals surface area contributed by atoms with Crippen LogP contribution in [0.2, 0.25) is 0 Å². The van der Waals surface area contributed by atoms with Crippen molar-refractivity contribution in [3.05, 3.63) is 46.1 Å². The molecule has 0 aliphatic carbocycles. The summed E-state index contributed by atoms with van der Waals surface area (Å²) in [6.07, 6.45) is 0. The van der Waals surface area contributed by atoms with Crippen molar-refractivity contribution in [1.29, 1.82) is 5.26 Å². The van der Waals surface area contributed by atoms with Crippen LogP contribution in [-0.4, -0.2) is 4.98 Å². The van der Waals surface area contributed by atoms with Crippen LogP contribution in [-0.2, 0) is 5.60 Å². The van der Waals surface area contributed by atoms with Crippen LogP contribution in [0.15, 0.2) is 30.3 Å². The molecule has 1 N–H and O–H groups in total. The number of hydrogen-bond acceptors (Lipinski definition) is 3. The van der Waals surface area contributed by atoms with E-state index in [2.05, 4.69) is 11.1 Å². The van der Waals surface area contributed by atoms with Crippen molar-refractivity contribution in [3.8, 4) is 23.1 Å². The van der Waals surface area contributed by atoms with Crippen molar-refractivity contribution in [3.63, 3.8) is 0 Å². The fourth-order valence-electron chi connectivity index (χ4n) is 2.39. The molecule has 0 spiro atoms. The van der Waals surface area contributed by atoms with E-state index in [-0.39, 0.29) is 0 Å². The number of ether oxygens (including phenoxy) is 1. The molecule has 0 fully saturated rings. The van der Waals surface area contributed by atoms with Crippen LogP contribution in [0.4, 0.5) is 0 Å². The molecular weight excluding hydrogens is 256 g/mol. The van der Waals surface area contributed by atoms with Crippen molar-refractivity contribution >= 4 is 12.2 Å². The monoisotopic (exact) mass is 268 g/mol. The summed E-state index contributed by atoms with van der Waals surface area (Å²) in [6, 6.07) is 11.8. The minimum Gasteiger partial charge on any atom is -0.482 e. The molecular formula is C15H12N2OS. The van der Waals surface area contributed by atoms with Gasteiger partial charge in [0.15, 0.2) is 0 Å². The summed E-state index contributed by atoms with van der Waals surface area (Å²) < 4.78 is 6.49. The zero-order valence-electron chi connectivity index (χ0n) is 10.7. The van der Waals surface area contributed by atoms with Crippen molar-refractivity contribution in [1.82, 2.24) is 4.98 Å². The van der Waals surface area contributed by atoms with E-state index in [1.165, 1.54) is 0 Å². The number of para-hydroxylation sites is 1. The number of H-pyrrole nitrogens is 1. The number of nitrogens with zero attached hydrogens (tertiary/aromatic N) is 1. The Balaban J connectivity index is 2.39. The first-order valence-corrected chi connectivity index (χ1v) is 6.40. The minimum absolute atomic E-state index is 0.466. The Labute approximate surface area is 116 Å². The first-order valence-electron chi connectivity index (χ1n) is 5.99. The number of aromatic nitrogens is 1. The molecule has 1 aliphatic heterocycles. The molecule has 0 amide bonds. The SMILES string of the molecule is CC1(C)Oc2ccccc2-c2[nH]c(=S)c(C#N)cc21. The maximum absolute atomic E-state index is 9.11. The molecule has 0 radical (unpaired) electrons. The Hall–Kier alpha value is -2.12. The van der Waals surface area contributed by atoms with Gasteiger partial charge < -0.3 is 9.72 Å². The Morgan fingerprint density at radius 2 is 2.05 bits per heavy atom. The average Bonchev–Trinajstić information content (AvgIpc) is 2.37. The molecule has 1 aromatic heterocycles. The van der Waals surface area contributed by atoms with Crippen LogP contribution < -0.4 is 4.74 Å². The van der Waals surface area contributed by atoms with Crippen molar-refractivity contribution in [2.45, 2.75) is 19.4 Å². The van der Waals surface area contributed by atoms with Gasteiger partial charge in [0.25, 0.3) is 0 Å². The van der Waals surface area contributed by atoms with Gasteiger partial charge in [-0.3, -0.25) is 0 Å². The van der Waals surface area contributed by atoms with E-state index in [0.29, 0.717) is 10.2 Å². The number of rotatable bonds is 0. The van der Waals surface area contributed by atoms with E-state index < -0.39 is 5.60 Å². The van der Waals surface area contributed by atoms with E-state index in [9.17, 15) is 0 Å². The predicted octanol–water partition coefficient (Wildman–Crippen LogP) is 3.91. The first-order chi connectivity index (χ1) is 9.03. The van der Waals surface area contributed by atoms with Gasteiger partial charge in [0.2, 0.25) is 0 Å². The lowest BCUT2D eigenvalue weighted by Crippen LogP contribution is -2.30. The quantitative estimate of drug-likeness (QED) is 0.737. The fourth-order valence-corrected chi connectivity index (χ4v) is 2.60. The summed E-state index contributed by atoms with van der Waals surface area (Å²) in [5.74, 6) is 0.829. The number of nitrogens with one attached hydrogen (secondary N) is 1. The minimum atomic E-state index is -0.491. The lowest BCUT2D eigenvalue weighted by molar-refractivity contribution is 0.105. The van der Waals surface area contributed by atoms with E-state index in [1.807, 2.05) is 44.2 Å². The summed E-state index contributed by atoms with van der Waals surface area (Å²) >= 11 is 5.22. The van der Waals surface area contributed by atoms with Crippen LogP contribution in [0, 0.1) is 16.0 Å². The van der Waals surface area contributed by atoms with Gasteiger partial charge in [-0.1, -0.05) is 24.4 Å². The molecule has 94 valence electrons. The van der Waals surface area contributed by atoms with Crippen LogP contribution >= 0.6 is 12.2 Å². The van der Waals surface area contributed by atoms with Crippen molar-refractivity contribution in [2.24, 2.45) is 0 Å². The molecule has 19 heavy (non-hydrogen) atoms. The first kappa shape index (κ1) is 11.9. The van der Waals surface area contributed by atoms with E-state index in [0.717, 1.165) is 22.6 Å². The summed E-state index contributed by atoms with van der Waals surface area (Å²) in [5.41, 5.74) is 2.86. The molecule has 1 aliphatic rings. The Morgan fingerprint density at radius 1 is 1.32 bits per heavy atom. The molecule has 0 saturated heterocycles. The summed E-state index contributed by atoms with van der Waals surface area (Å²) in [7, 11) is 0. The smallest absolute Gasteiger partial charge is 0.130 e. The van der Waals surface area contributed by atoms with Gasteiger partial charge in [-0.25, -0.2) is 0 Å². The van der Waals surface area contributed by atoms with Gasteiger partial charge in [0.05, 0.1) is 11.3 Å². The second-order valence-corrected chi connectivity index (χ2v) is 5.43. The molecule has 3 rings (SSSR count). The molecule has 0 atom stereocenters. The zero-order valence-corrected chi connectivity index (χ0v) is 11.5. The number of benzene rings is 1. The average molecular weight is 268 g/mol. The topological polar surface area (TPSA) is 48.8 Å². The van der Waals surface area contributed by atoms with Gasteiger partial charge in [0.1, 0.15) is 22.1 Å². The summed E-state index contributed by atoms with van der Waals surface area (Å²) in [6.45, 7) is 3.97. The molecule has 4 heteroatoms. The number of fused-ring (bicyclic) bond motifs is 3. The lowest BCUT2D eigenvalue weighted by Gasteiger charge is -2.34. The van der Waals surface area contributed by atoms with Gasteiger partial charge in [-0.05, 0) is 32.0 Å². The third kappa shape index (κ3) is 1.74. The van der Waals surface area contributed by atoms with E-state index in [1.54, 1.807) is 0 Å². The van der Waals surface area contributed by atoms with E-state index >= 15 is 0 Å². The number of nitriles is 1. The second kappa shape index (κ2) is 3.94. The number of pyridine rings is 1. The Morgan fingerprint density at radius 3 is 2.79 bits per heavy atom. The van der Waals surface area contributed by atoms with Crippen molar-refractivity contribution < 1.29 is 4.74 Å². The van der Waals surface area contributed by atoms with Gasteiger partial charge in [0, 0.05) is 11.1 Å². The Kier molecular flexibility index (Phi) is 2.48. The maximum atomic E-state index is 9.11. The van der Waals surface area contributed by atoms with Gasteiger partial charge >= 0.3 is 0 Å². The van der Waals surface area contributed by atoms with Gasteiger partial charge in [-0.15, -0.1) is 0 Å². The molecule has 0 unspecified atom stereocenters. The van der Waals surface area contributed by atoms with Crippen LogP contribution in [0.1, 0.15) is 25.0 Å². The van der Waals surface area contributed by atoms with E-state index in [4.69, 9.17) is 22.2 Å². The summed E-state index contributed by atoms with van der Waals surface area (Å²) in [4.78, 5) is 3.17. The Bertz CT molecular complexity index is 768. The van der Waals surface area contributed by atoms with Crippen molar-refractivity contribution in [2.75, 3.05) is 0 Å². The number of aromatic amines is 1. The van der Waals surface area contributed by atoms with Crippen LogP contribution in [0.3, 0.4) is 0 Å². The zero-order chi connectivity index (χ0) is 13.6. The predicted molar refractivity (Wildman–Crippen MR) is 75.4 cm³/mol. The highest BCUT2D eigenvalue weighted by molar-refractivity contribution is 7.71.